The highest BCUT2D eigenvalue weighted by atomic mass is 16.5. The number of nitrogens with zero attached hydrogens (tertiary/aromatic N) is 3. The van der Waals surface area contributed by atoms with Gasteiger partial charge in [0.15, 0.2) is 6.61 Å². The first-order valence-corrected chi connectivity index (χ1v) is 13.1. The van der Waals surface area contributed by atoms with Crippen LogP contribution in [0.15, 0.2) is 55.1 Å². The molecule has 6 heteroatoms. The summed E-state index contributed by atoms with van der Waals surface area (Å²) in [6.45, 7) is 14.7. The largest absolute Gasteiger partial charge is 0.484 e. The topological polar surface area (TPSA) is 53.1 Å². The first kappa shape index (κ1) is 26.0. The number of carbonyl (C=O) groups excluding carboxylic acids is 2. The van der Waals surface area contributed by atoms with Crippen LogP contribution in [-0.2, 0) is 16.0 Å². The maximum Gasteiger partial charge on any atom is 0.260 e. The molecule has 0 radical (unpaired) electrons. The van der Waals surface area contributed by atoms with Gasteiger partial charge in [0.2, 0.25) is 5.91 Å². The van der Waals surface area contributed by atoms with Crippen molar-refractivity contribution < 1.29 is 14.3 Å². The van der Waals surface area contributed by atoms with E-state index in [4.69, 9.17) is 4.74 Å². The average molecular weight is 490 g/mol. The second-order valence-electron chi connectivity index (χ2n) is 10.4. The smallest absolute Gasteiger partial charge is 0.260 e. The van der Waals surface area contributed by atoms with Crippen LogP contribution in [0.1, 0.15) is 48.6 Å². The molecule has 2 aromatic carbocycles. The molecule has 1 unspecified atom stereocenters. The molecule has 0 spiro atoms. The van der Waals surface area contributed by atoms with E-state index >= 15 is 0 Å². The quantitative estimate of drug-likeness (QED) is 0.521. The van der Waals surface area contributed by atoms with E-state index in [2.05, 4.69) is 62.6 Å². The normalized spacial score (nSPS) is 18.2. The molecule has 4 rings (SSSR count). The summed E-state index contributed by atoms with van der Waals surface area (Å²) in [5.74, 6) is 1.16. The van der Waals surface area contributed by atoms with Crippen molar-refractivity contribution in [3.63, 3.8) is 0 Å². The molecule has 36 heavy (non-hydrogen) atoms. The van der Waals surface area contributed by atoms with Crippen LogP contribution < -0.4 is 4.74 Å². The van der Waals surface area contributed by atoms with Crippen LogP contribution >= 0.6 is 0 Å². The van der Waals surface area contributed by atoms with Gasteiger partial charge in [0.25, 0.3) is 5.91 Å². The highest BCUT2D eigenvalue weighted by molar-refractivity contribution is 5.78. The van der Waals surface area contributed by atoms with E-state index in [0.29, 0.717) is 37.7 Å². The van der Waals surface area contributed by atoms with Crippen molar-refractivity contribution >= 4 is 11.8 Å². The Bertz CT molecular complexity index is 1070. The van der Waals surface area contributed by atoms with Crippen molar-refractivity contribution in [1.29, 1.82) is 0 Å². The van der Waals surface area contributed by atoms with E-state index in [1.807, 2.05) is 28.0 Å². The Labute approximate surface area is 215 Å². The van der Waals surface area contributed by atoms with Crippen molar-refractivity contribution in [2.45, 2.75) is 39.7 Å². The first-order valence-electron chi connectivity index (χ1n) is 13.1. The molecule has 0 N–H and O–H groups in total. The molecule has 0 bridgehead atoms. The standard InChI is InChI=1S/C30H39N3O3/c1-5-13-31-15-17-32(18-16-31)29(35)21-36-26-11-10-24-12-14-33(28(34)19-22(2)3)30(27(24)20-26)25-8-6-23(4)7-9-25/h5-11,20,22,30H,1,12-19,21H2,2-4H3. The Morgan fingerprint density at radius 2 is 1.75 bits per heavy atom. The lowest BCUT2D eigenvalue weighted by Gasteiger charge is -2.38. The molecule has 1 saturated heterocycles. The Morgan fingerprint density at radius 1 is 1.03 bits per heavy atom. The zero-order valence-corrected chi connectivity index (χ0v) is 21.9. The zero-order chi connectivity index (χ0) is 25.7. The van der Waals surface area contributed by atoms with Gasteiger partial charge in [-0.2, -0.15) is 0 Å². The van der Waals surface area contributed by atoms with Crippen molar-refractivity contribution in [2.75, 3.05) is 45.9 Å². The van der Waals surface area contributed by atoms with Gasteiger partial charge in [-0.3, -0.25) is 14.5 Å². The number of amides is 2. The third-order valence-corrected chi connectivity index (χ3v) is 7.12. The van der Waals surface area contributed by atoms with E-state index in [1.165, 1.54) is 11.1 Å². The van der Waals surface area contributed by atoms with Crippen LogP contribution in [0.2, 0.25) is 0 Å². The summed E-state index contributed by atoms with van der Waals surface area (Å²) in [5.41, 5.74) is 4.61. The third-order valence-electron chi connectivity index (χ3n) is 7.12. The number of hydrogen-bond acceptors (Lipinski definition) is 4. The number of benzene rings is 2. The Morgan fingerprint density at radius 3 is 2.42 bits per heavy atom. The van der Waals surface area contributed by atoms with Gasteiger partial charge in [-0.25, -0.2) is 0 Å². The molecule has 2 amide bonds. The van der Waals surface area contributed by atoms with Gasteiger partial charge < -0.3 is 14.5 Å². The summed E-state index contributed by atoms with van der Waals surface area (Å²) in [6, 6.07) is 14.4. The third kappa shape index (κ3) is 6.16. The molecule has 0 aromatic heterocycles. The van der Waals surface area contributed by atoms with Crippen molar-refractivity contribution in [1.82, 2.24) is 14.7 Å². The molecule has 192 valence electrons. The number of hydrogen-bond donors (Lipinski definition) is 0. The van der Waals surface area contributed by atoms with Crippen LogP contribution in [0.4, 0.5) is 0 Å². The molecular weight excluding hydrogens is 450 g/mol. The lowest BCUT2D eigenvalue weighted by molar-refractivity contribution is -0.135. The second-order valence-corrected chi connectivity index (χ2v) is 10.4. The fourth-order valence-corrected chi connectivity index (χ4v) is 5.13. The highest BCUT2D eigenvalue weighted by Crippen LogP contribution is 2.38. The van der Waals surface area contributed by atoms with Gasteiger partial charge in [0.05, 0.1) is 6.04 Å². The highest BCUT2D eigenvalue weighted by Gasteiger charge is 2.32. The van der Waals surface area contributed by atoms with E-state index in [9.17, 15) is 9.59 Å². The van der Waals surface area contributed by atoms with E-state index in [1.54, 1.807) is 0 Å². The molecule has 1 fully saturated rings. The van der Waals surface area contributed by atoms with Crippen molar-refractivity contribution in [3.05, 3.63) is 77.4 Å². The maximum atomic E-state index is 13.2. The Balaban J connectivity index is 1.51. The minimum Gasteiger partial charge on any atom is -0.484 e. The Hall–Kier alpha value is -3.12. The predicted octanol–water partition coefficient (Wildman–Crippen LogP) is 4.22. The molecule has 1 atom stereocenters. The molecule has 6 nitrogen and oxygen atoms in total. The molecule has 2 heterocycles. The van der Waals surface area contributed by atoms with Crippen LogP contribution in [0.5, 0.6) is 5.75 Å². The lowest BCUT2D eigenvalue weighted by atomic mass is 9.87. The van der Waals surface area contributed by atoms with E-state index in [-0.39, 0.29) is 24.5 Å². The van der Waals surface area contributed by atoms with E-state index in [0.717, 1.165) is 37.2 Å². The minimum atomic E-state index is -0.155. The number of piperazine rings is 1. The number of ether oxygens (including phenoxy) is 1. The molecule has 0 aliphatic carbocycles. The number of carbonyl (C=O) groups is 2. The zero-order valence-electron chi connectivity index (χ0n) is 21.9. The minimum absolute atomic E-state index is 0.00907. The fourth-order valence-electron chi connectivity index (χ4n) is 5.13. The lowest BCUT2D eigenvalue weighted by Crippen LogP contribution is -2.49. The van der Waals surface area contributed by atoms with Gasteiger partial charge in [0, 0.05) is 45.7 Å². The summed E-state index contributed by atoms with van der Waals surface area (Å²) in [7, 11) is 0. The summed E-state index contributed by atoms with van der Waals surface area (Å²) in [5, 5.41) is 0. The molecule has 2 aromatic rings. The van der Waals surface area contributed by atoms with Crippen LogP contribution in [0.25, 0.3) is 0 Å². The van der Waals surface area contributed by atoms with Gasteiger partial charge in [-0.1, -0.05) is 55.8 Å². The number of fused-ring (bicyclic) bond motifs is 1. The van der Waals surface area contributed by atoms with E-state index < -0.39 is 0 Å². The predicted molar refractivity (Wildman–Crippen MR) is 143 cm³/mol. The molecular formula is C30H39N3O3. The summed E-state index contributed by atoms with van der Waals surface area (Å²) >= 11 is 0. The summed E-state index contributed by atoms with van der Waals surface area (Å²) < 4.78 is 6.00. The number of aryl methyl sites for hydroxylation is 1. The van der Waals surface area contributed by atoms with Crippen LogP contribution in [-0.4, -0.2) is 72.4 Å². The number of rotatable bonds is 8. The van der Waals surface area contributed by atoms with Crippen LogP contribution in [0, 0.1) is 12.8 Å². The van der Waals surface area contributed by atoms with Gasteiger partial charge in [0.1, 0.15) is 5.75 Å². The molecule has 2 aliphatic rings. The van der Waals surface area contributed by atoms with Crippen molar-refractivity contribution in [3.8, 4) is 5.75 Å². The van der Waals surface area contributed by atoms with Crippen LogP contribution in [0.3, 0.4) is 0 Å². The first-order chi connectivity index (χ1) is 17.4. The fraction of sp³-hybridized carbons (Fsp3) is 0.467. The van der Waals surface area contributed by atoms with Gasteiger partial charge >= 0.3 is 0 Å². The van der Waals surface area contributed by atoms with Gasteiger partial charge in [-0.05, 0) is 48.1 Å². The van der Waals surface area contributed by atoms with Gasteiger partial charge in [-0.15, -0.1) is 6.58 Å². The Kier molecular flexibility index (Phi) is 8.47. The second kappa shape index (κ2) is 11.7. The summed E-state index contributed by atoms with van der Waals surface area (Å²) in [6.07, 6.45) is 3.25. The van der Waals surface area contributed by atoms with Crippen molar-refractivity contribution in [2.24, 2.45) is 5.92 Å². The maximum absolute atomic E-state index is 13.2. The summed E-state index contributed by atoms with van der Waals surface area (Å²) in [4.78, 5) is 32.2. The monoisotopic (exact) mass is 489 g/mol. The molecule has 0 saturated carbocycles. The average Bonchev–Trinajstić information content (AvgIpc) is 2.87. The SMILES string of the molecule is C=CCN1CCN(C(=O)COc2ccc3c(c2)C(c2ccc(C)cc2)N(C(=O)CC(C)C)CC3)CC1. The molecule has 2 aliphatic heterocycles.